The van der Waals surface area contributed by atoms with Gasteiger partial charge in [-0.3, -0.25) is 0 Å². The summed E-state index contributed by atoms with van der Waals surface area (Å²) in [6, 6.07) is 4.15. The zero-order valence-corrected chi connectivity index (χ0v) is 18.6. The summed E-state index contributed by atoms with van der Waals surface area (Å²) >= 11 is 0. The molecule has 1 fully saturated rings. The second kappa shape index (κ2) is 10.2. The molecule has 1 aliphatic rings. The van der Waals surface area contributed by atoms with Gasteiger partial charge >= 0.3 is 0 Å². The molecule has 2 aromatic rings. The number of hydrogen-bond donors (Lipinski definition) is 1. The van der Waals surface area contributed by atoms with E-state index in [0.717, 1.165) is 43.3 Å². The van der Waals surface area contributed by atoms with Crippen molar-refractivity contribution in [3.8, 4) is 17.2 Å². The van der Waals surface area contributed by atoms with Crippen LogP contribution >= 0.6 is 0 Å². The Bertz CT molecular complexity index is 838. The molecule has 8 nitrogen and oxygen atoms in total. The van der Waals surface area contributed by atoms with Gasteiger partial charge in [0.1, 0.15) is 5.75 Å². The molecule has 0 amide bonds. The number of benzene rings is 1. The first-order chi connectivity index (χ1) is 14.6. The van der Waals surface area contributed by atoms with E-state index >= 15 is 0 Å². The summed E-state index contributed by atoms with van der Waals surface area (Å²) in [6.45, 7) is 7.55. The van der Waals surface area contributed by atoms with Gasteiger partial charge in [0.15, 0.2) is 17.5 Å². The average Bonchev–Trinajstić information content (AvgIpc) is 3.31. The van der Waals surface area contributed by atoms with E-state index in [1.54, 1.807) is 21.3 Å². The van der Waals surface area contributed by atoms with Crippen molar-refractivity contribution in [2.75, 3.05) is 41.0 Å². The van der Waals surface area contributed by atoms with Gasteiger partial charge in [-0.2, -0.15) is 0 Å². The minimum absolute atomic E-state index is 0.376. The number of aromatic nitrogens is 2. The zero-order chi connectivity index (χ0) is 21.5. The van der Waals surface area contributed by atoms with Crippen LogP contribution < -0.4 is 19.5 Å². The number of piperidine rings is 1. The molecule has 3 rings (SSSR count). The molecule has 0 spiro atoms. The lowest BCUT2D eigenvalue weighted by molar-refractivity contribution is 0.189. The van der Waals surface area contributed by atoms with Crippen LogP contribution in [0, 0.1) is 5.92 Å². The van der Waals surface area contributed by atoms with Crippen LogP contribution in [-0.2, 0) is 6.54 Å². The molecule has 30 heavy (non-hydrogen) atoms. The number of likely N-dealkylation sites (tertiary alicyclic amines) is 1. The minimum Gasteiger partial charge on any atom is -0.496 e. The molecular weight excluding hydrogens is 382 g/mol. The van der Waals surface area contributed by atoms with Gasteiger partial charge in [0.25, 0.3) is 0 Å². The third-order valence-corrected chi connectivity index (χ3v) is 5.65. The van der Waals surface area contributed by atoms with E-state index in [0.29, 0.717) is 30.0 Å². The van der Waals surface area contributed by atoms with Crippen LogP contribution in [0.15, 0.2) is 35.8 Å². The fourth-order valence-electron chi connectivity index (χ4n) is 3.90. The van der Waals surface area contributed by atoms with Crippen LogP contribution in [0.25, 0.3) is 0 Å². The van der Waals surface area contributed by atoms with E-state index in [9.17, 15) is 0 Å². The summed E-state index contributed by atoms with van der Waals surface area (Å²) in [6.07, 6.45) is 6.90. The number of ether oxygens (including phenoxy) is 3. The number of rotatable bonds is 7. The first-order valence-electron chi connectivity index (χ1n) is 10.4. The fraction of sp³-hybridized carbons (Fsp3) is 0.545. The Morgan fingerprint density at radius 1 is 1.17 bits per heavy atom. The molecule has 164 valence electrons. The molecule has 0 saturated carbocycles. The highest BCUT2D eigenvalue weighted by Gasteiger charge is 2.29. The van der Waals surface area contributed by atoms with Gasteiger partial charge in [-0.1, -0.05) is 6.92 Å². The lowest BCUT2D eigenvalue weighted by atomic mass is 9.93. The van der Waals surface area contributed by atoms with E-state index in [1.807, 2.05) is 30.9 Å². The van der Waals surface area contributed by atoms with E-state index in [1.165, 1.54) is 0 Å². The Morgan fingerprint density at radius 3 is 2.53 bits per heavy atom. The predicted octanol–water partition coefficient (Wildman–Crippen LogP) is 2.96. The van der Waals surface area contributed by atoms with E-state index in [4.69, 9.17) is 19.2 Å². The second-order valence-corrected chi connectivity index (χ2v) is 7.48. The highest BCUT2D eigenvalue weighted by atomic mass is 16.5. The lowest BCUT2D eigenvalue weighted by Crippen LogP contribution is -2.49. The number of aliphatic imine (C=N–C) groups is 1. The SMILES string of the molecule is CCNC(=NCc1cc(OC)c(OC)cc1OC)N1CCC(C)C(n2ccnc2)C1. The molecule has 1 N–H and O–H groups in total. The Balaban J connectivity index is 1.82. The summed E-state index contributed by atoms with van der Waals surface area (Å²) in [4.78, 5) is 11.5. The van der Waals surface area contributed by atoms with Gasteiger partial charge in [-0.05, 0) is 25.3 Å². The van der Waals surface area contributed by atoms with Crippen LogP contribution in [0.3, 0.4) is 0 Å². The average molecular weight is 416 g/mol. The van der Waals surface area contributed by atoms with E-state index < -0.39 is 0 Å². The maximum atomic E-state index is 5.56. The van der Waals surface area contributed by atoms with E-state index in [-0.39, 0.29) is 0 Å². The van der Waals surface area contributed by atoms with Gasteiger partial charge in [-0.25, -0.2) is 9.98 Å². The number of guanidine groups is 1. The Kier molecular flexibility index (Phi) is 7.43. The van der Waals surface area contributed by atoms with E-state index in [2.05, 4.69) is 33.6 Å². The van der Waals surface area contributed by atoms with Gasteiger partial charge < -0.3 is 29.0 Å². The van der Waals surface area contributed by atoms with Crippen molar-refractivity contribution >= 4 is 5.96 Å². The summed E-state index contributed by atoms with van der Waals surface area (Å²) in [5, 5.41) is 3.45. The zero-order valence-electron chi connectivity index (χ0n) is 18.6. The largest absolute Gasteiger partial charge is 0.496 e. The van der Waals surface area contributed by atoms with Crippen LogP contribution in [0.1, 0.15) is 31.9 Å². The molecule has 2 atom stereocenters. The quantitative estimate of drug-likeness (QED) is 0.554. The highest BCUT2D eigenvalue weighted by Crippen LogP contribution is 2.35. The van der Waals surface area contributed by atoms with Crippen molar-refractivity contribution in [1.29, 1.82) is 0 Å². The molecule has 1 aromatic carbocycles. The smallest absolute Gasteiger partial charge is 0.194 e. The number of hydrogen-bond acceptors (Lipinski definition) is 5. The fourth-order valence-corrected chi connectivity index (χ4v) is 3.90. The third kappa shape index (κ3) is 4.80. The second-order valence-electron chi connectivity index (χ2n) is 7.48. The molecule has 0 bridgehead atoms. The summed E-state index contributed by atoms with van der Waals surface area (Å²) < 4.78 is 18.6. The van der Waals surface area contributed by atoms with Crippen molar-refractivity contribution in [3.05, 3.63) is 36.4 Å². The van der Waals surface area contributed by atoms with Gasteiger partial charge in [0.05, 0.1) is 40.2 Å². The van der Waals surface area contributed by atoms with Crippen LogP contribution in [0.2, 0.25) is 0 Å². The normalized spacial score (nSPS) is 19.5. The Morgan fingerprint density at radius 2 is 1.90 bits per heavy atom. The van der Waals surface area contributed by atoms with Crippen molar-refractivity contribution in [1.82, 2.24) is 19.8 Å². The van der Waals surface area contributed by atoms with Crippen LogP contribution in [-0.4, -0.2) is 61.4 Å². The topological polar surface area (TPSA) is 73.1 Å². The molecule has 0 radical (unpaired) electrons. The summed E-state index contributed by atoms with van der Waals surface area (Å²) in [5.41, 5.74) is 0.946. The molecule has 1 aromatic heterocycles. The first kappa shape index (κ1) is 21.8. The number of nitrogens with zero attached hydrogens (tertiary/aromatic N) is 4. The number of nitrogens with one attached hydrogen (secondary N) is 1. The first-order valence-corrected chi connectivity index (χ1v) is 10.4. The molecule has 0 aliphatic carbocycles. The summed E-state index contributed by atoms with van der Waals surface area (Å²) in [5.74, 6) is 3.54. The molecule has 2 unspecified atom stereocenters. The van der Waals surface area contributed by atoms with Crippen molar-refractivity contribution in [3.63, 3.8) is 0 Å². The Labute approximate surface area is 178 Å². The van der Waals surface area contributed by atoms with Crippen molar-refractivity contribution in [2.45, 2.75) is 32.9 Å². The third-order valence-electron chi connectivity index (χ3n) is 5.65. The lowest BCUT2D eigenvalue weighted by Gasteiger charge is -2.39. The van der Waals surface area contributed by atoms with Crippen LogP contribution in [0.5, 0.6) is 17.2 Å². The predicted molar refractivity (Wildman–Crippen MR) is 118 cm³/mol. The molecular formula is C22H33N5O3. The standard InChI is InChI=1S/C22H33N5O3/c1-6-24-22(26-9-7-16(2)18(14-26)27-10-8-23-15-27)25-13-17-11-20(29-4)21(30-5)12-19(17)28-3/h8,10-12,15-16,18H,6-7,9,13-14H2,1-5H3,(H,24,25). The molecule has 2 heterocycles. The van der Waals surface area contributed by atoms with Crippen molar-refractivity contribution in [2.24, 2.45) is 10.9 Å². The van der Waals surface area contributed by atoms with Crippen LogP contribution in [0.4, 0.5) is 0 Å². The van der Waals surface area contributed by atoms with Gasteiger partial charge in [0.2, 0.25) is 0 Å². The summed E-state index contributed by atoms with van der Waals surface area (Å²) in [7, 11) is 4.90. The molecule has 1 aliphatic heterocycles. The monoisotopic (exact) mass is 415 g/mol. The molecule has 1 saturated heterocycles. The van der Waals surface area contributed by atoms with Gasteiger partial charge in [0, 0.05) is 43.7 Å². The van der Waals surface area contributed by atoms with Crippen molar-refractivity contribution < 1.29 is 14.2 Å². The number of methoxy groups -OCH3 is 3. The maximum absolute atomic E-state index is 5.56. The molecule has 8 heteroatoms. The maximum Gasteiger partial charge on any atom is 0.194 e. The minimum atomic E-state index is 0.376. The number of imidazole rings is 1. The highest BCUT2D eigenvalue weighted by molar-refractivity contribution is 5.80. The van der Waals surface area contributed by atoms with Gasteiger partial charge in [-0.15, -0.1) is 0 Å². The Hall–Kier alpha value is -2.90.